The fourth-order valence-electron chi connectivity index (χ4n) is 3.31. The summed E-state index contributed by atoms with van der Waals surface area (Å²) in [4.78, 5) is 25.9. The second-order valence-corrected chi connectivity index (χ2v) is 6.97. The Labute approximate surface area is 145 Å². The Morgan fingerprint density at radius 1 is 1.08 bits per heavy atom. The van der Waals surface area contributed by atoms with Gasteiger partial charge in [-0.2, -0.15) is 13.2 Å². The predicted octanol–water partition coefficient (Wildman–Crippen LogP) is 4.07. The predicted molar refractivity (Wildman–Crippen MR) is 88.9 cm³/mol. The fraction of sp³-hybridized carbons (Fsp3) is 0.556. The monoisotopic (exact) mass is 356 g/mol. The first kappa shape index (κ1) is 19.3. The van der Waals surface area contributed by atoms with Crippen LogP contribution < -0.4 is 5.32 Å². The average Bonchev–Trinajstić information content (AvgIpc) is 2.94. The number of nitrogens with zero attached hydrogens (tertiary/aromatic N) is 1. The molecule has 2 rings (SSSR count). The summed E-state index contributed by atoms with van der Waals surface area (Å²) in [5.74, 6) is -0.280. The van der Waals surface area contributed by atoms with Crippen LogP contribution in [0.2, 0.25) is 0 Å². The Kier molecular flexibility index (Phi) is 5.75. The SMILES string of the molecule is CN(C)C(=O)CC1(CC(=O)Nc2ccc(C(F)(F)F)cc2)CCCC1. The summed E-state index contributed by atoms with van der Waals surface area (Å²) in [7, 11) is 3.38. The smallest absolute Gasteiger partial charge is 0.349 e. The zero-order valence-corrected chi connectivity index (χ0v) is 14.4. The maximum atomic E-state index is 12.6. The largest absolute Gasteiger partial charge is 0.416 e. The molecule has 0 atom stereocenters. The van der Waals surface area contributed by atoms with Crippen LogP contribution in [0.25, 0.3) is 0 Å². The van der Waals surface area contributed by atoms with Gasteiger partial charge in [0.1, 0.15) is 0 Å². The summed E-state index contributed by atoms with van der Waals surface area (Å²) < 4.78 is 37.7. The van der Waals surface area contributed by atoms with Crippen LogP contribution >= 0.6 is 0 Å². The molecule has 138 valence electrons. The first-order chi connectivity index (χ1) is 11.6. The van der Waals surface area contributed by atoms with Crippen molar-refractivity contribution in [2.75, 3.05) is 19.4 Å². The maximum absolute atomic E-state index is 12.6. The van der Waals surface area contributed by atoms with E-state index in [1.54, 1.807) is 14.1 Å². The van der Waals surface area contributed by atoms with Crippen LogP contribution in [0.4, 0.5) is 18.9 Å². The molecule has 0 aliphatic heterocycles. The molecule has 0 radical (unpaired) electrons. The first-order valence-electron chi connectivity index (χ1n) is 8.29. The lowest BCUT2D eigenvalue weighted by atomic mass is 9.78. The molecular formula is C18H23F3N2O2. The van der Waals surface area contributed by atoms with E-state index in [-0.39, 0.29) is 23.7 Å². The molecular weight excluding hydrogens is 333 g/mol. The van der Waals surface area contributed by atoms with Gasteiger partial charge in [0.25, 0.3) is 0 Å². The highest BCUT2D eigenvalue weighted by atomic mass is 19.4. The molecule has 1 N–H and O–H groups in total. The number of carbonyl (C=O) groups excluding carboxylic acids is 2. The molecule has 7 heteroatoms. The van der Waals surface area contributed by atoms with E-state index in [2.05, 4.69) is 5.32 Å². The summed E-state index contributed by atoms with van der Waals surface area (Å²) in [6.07, 6.45) is -0.292. The van der Waals surface area contributed by atoms with Gasteiger partial charge in [-0.3, -0.25) is 9.59 Å². The van der Waals surface area contributed by atoms with Crippen LogP contribution in [0, 0.1) is 5.41 Å². The summed E-state index contributed by atoms with van der Waals surface area (Å²) in [6.45, 7) is 0. The lowest BCUT2D eigenvalue weighted by Gasteiger charge is -2.29. The molecule has 1 saturated carbocycles. The summed E-state index contributed by atoms with van der Waals surface area (Å²) in [6, 6.07) is 4.37. The van der Waals surface area contributed by atoms with Crippen LogP contribution in [0.1, 0.15) is 44.1 Å². The van der Waals surface area contributed by atoms with Gasteiger partial charge in [0.2, 0.25) is 11.8 Å². The Morgan fingerprint density at radius 3 is 2.12 bits per heavy atom. The molecule has 2 amide bonds. The van der Waals surface area contributed by atoms with Crippen molar-refractivity contribution in [3.63, 3.8) is 0 Å². The third kappa shape index (κ3) is 5.21. The molecule has 0 spiro atoms. The van der Waals surface area contributed by atoms with Gasteiger partial charge >= 0.3 is 6.18 Å². The number of anilines is 1. The Morgan fingerprint density at radius 2 is 1.64 bits per heavy atom. The zero-order valence-electron chi connectivity index (χ0n) is 14.4. The Balaban J connectivity index is 2.01. The minimum Gasteiger partial charge on any atom is -0.349 e. The zero-order chi connectivity index (χ0) is 18.7. The molecule has 1 aliphatic carbocycles. The van der Waals surface area contributed by atoms with E-state index in [4.69, 9.17) is 0 Å². The fourth-order valence-corrected chi connectivity index (χ4v) is 3.31. The topological polar surface area (TPSA) is 49.4 Å². The van der Waals surface area contributed by atoms with E-state index in [9.17, 15) is 22.8 Å². The standard InChI is InChI=1S/C18H23F3N2O2/c1-23(2)16(25)12-17(9-3-4-10-17)11-15(24)22-14-7-5-13(6-8-14)18(19,20)21/h5-8H,3-4,9-12H2,1-2H3,(H,22,24). The second-order valence-electron chi connectivity index (χ2n) is 6.97. The van der Waals surface area contributed by atoms with Gasteiger partial charge in [-0.05, 0) is 42.5 Å². The van der Waals surface area contributed by atoms with Crippen molar-refractivity contribution in [2.24, 2.45) is 5.41 Å². The number of benzene rings is 1. The maximum Gasteiger partial charge on any atom is 0.416 e. The van der Waals surface area contributed by atoms with Gasteiger partial charge < -0.3 is 10.2 Å². The number of halogens is 3. The number of rotatable bonds is 5. The molecule has 0 saturated heterocycles. The molecule has 1 aliphatic rings. The number of amides is 2. The van der Waals surface area contributed by atoms with Crippen molar-refractivity contribution in [3.8, 4) is 0 Å². The molecule has 4 nitrogen and oxygen atoms in total. The van der Waals surface area contributed by atoms with Crippen molar-refractivity contribution >= 4 is 17.5 Å². The number of alkyl halides is 3. The van der Waals surface area contributed by atoms with Gasteiger partial charge in [0, 0.05) is 32.6 Å². The molecule has 0 heterocycles. The van der Waals surface area contributed by atoms with Gasteiger partial charge in [-0.15, -0.1) is 0 Å². The van der Waals surface area contributed by atoms with E-state index in [0.29, 0.717) is 12.1 Å². The number of nitrogens with one attached hydrogen (secondary N) is 1. The van der Waals surface area contributed by atoms with Gasteiger partial charge in [-0.25, -0.2) is 0 Å². The van der Waals surface area contributed by atoms with Crippen LogP contribution in [0.15, 0.2) is 24.3 Å². The molecule has 0 unspecified atom stereocenters. The average molecular weight is 356 g/mol. The lowest BCUT2D eigenvalue weighted by Crippen LogP contribution is -2.32. The summed E-state index contributed by atoms with van der Waals surface area (Å²) >= 11 is 0. The number of hydrogen-bond donors (Lipinski definition) is 1. The van der Waals surface area contributed by atoms with Crippen LogP contribution in [-0.2, 0) is 15.8 Å². The third-order valence-electron chi connectivity index (χ3n) is 4.72. The summed E-state index contributed by atoms with van der Waals surface area (Å²) in [5, 5.41) is 2.64. The van der Waals surface area contributed by atoms with Crippen molar-refractivity contribution in [2.45, 2.75) is 44.7 Å². The van der Waals surface area contributed by atoms with Gasteiger partial charge in [0.15, 0.2) is 0 Å². The van der Waals surface area contributed by atoms with Gasteiger partial charge in [-0.1, -0.05) is 12.8 Å². The highest BCUT2D eigenvalue weighted by molar-refractivity contribution is 5.91. The molecule has 1 aromatic rings. The number of carbonyl (C=O) groups is 2. The van der Waals surface area contributed by atoms with Crippen LogP contribution in [-0.4, -0.2) is 30.8 Å². The quantitative estimate of drug-likeness (QED) is 0.864. The highest BCUT2D eigenvalue weighted by Gasteiger charge is 2.38. The Bertz CT molecular complexity index is 618. The molecule has 0 bridgehead atoms. The highest BCUT2D eigenvalue weighted by Crippen LogP contribution is 2.44. The van der Waals surface area contributed by atoms with Crippen molar-refractivity contribution in [3.05, 3.63) is 29.8 Å². The molecule has 25 heavy (non-hydrogen) atoms. The van der Waals surface area contributed by atoms with E-state index in [1.807, 2.05) is 0 Å². The number of hydrogen-bond acceptors (Lipinski definition) is 2. The van der Waals surface area contributed by atoms with Crippen LogP contribution in [0.3, 0.4) is 0 Å². The van der Waals surface area contributed by atoms with E-state index in [0.717, 1.165) is 37.8 Å². The third-order valence-corrected chi connectivity index (χ3v) is 4.72. The molecule has 1 aromatic carbocycles. The molecule has 0 aromatic heterocycles. The van der Waals surface area contributed by atoms with Crippen molar-refractivity contribution in [1.82, 2.24) is 4.90 Å². The first-order valence-corrected chi connectivity index (χ1v) is 8.29. The van der Waals surface area contributed by atoms with Crippen molar-refractivity contribution < 1.29 is 22.8 Å². The van der Waals surface area contributed by atoms with Crippen LogP contribution in [0.5, 0.6) is 0 Å². The minimum atomic E-state index is -4.40. The van der Waals surface area contributed by atoms with Crippen molar-refractivity contribution in [1.29, 1.82) is 0 Å². The second kappa shape index (κ2) is 7.45. The van der Waals surface area contributed by atoms with E-state index >= 15 is 0 Å². The Hall–Kier alpha value is -2.05. The molecule has 1 fully saturated rings. The minimum absolute atomic E-state index is 0.00997. The van der Waals surface area contributed by atoms with E-state index in [1.165, 1.54) is 17.0 Å². The van der Waals surface area contributed by atoms with E-state index < -0.39 is 11.7 Å². The normalized spacial score (nSPS) is 16.5. The summed E-state index contributed by atoms with van der Waals surface area (Å²) in [5.41, 5.74) is -0.781. The lowest BCUT2D eigenvalue weighted by molar-refractivity contribution is -0.137. The van der Waals surface area contributed by atoms with Gasteiger partial charge in [0.05, 0.1) is 5.56 Å².